The molecule has 3 aromatic rings. The highest BCUT2D eigenvalue weighted by molar-refractivity contribution is 7.87. The van der Waals surface area contributed by atoms with E-state index in [4.69, 9.17) is 20.5 Å². The minimum Gasteiger partial charge on any atom is -0.490 e. The fraction of sp³-hybridized carbons (Fsp3) is 0.0952. The van der Waals surface area contributed by atoms with Crippen molar-refractivity contribution >= 4 is 39.3 Å². The minimum atomic E-state index is -4.11. The predicted molar refractivity (Wildman–Crippen MR) is 117 cm³/mol. The molecule has 10 heteroatoms. The average molecular weight is 461 g/mol. The second-order valence-electron chi connectivity index (χ2n) is 6.15. The van der Waals surface area contributed by atoms with Crippen LogP contribution in [0.1, 0.15) is 12.5 Å². The summed E-state index contributed by atoms with van der Waals surface area (Å²) in [6, 6.07) is 16.4. The smallest absolute Gasteiger partial charge is 0.339 e. The first kappa shape index (κ1) is 22.3. The van der Waals surface area contributed by atoms with E-state index in [0.717, 1.165) is 0 Å². The van der Waals surface area contributed by atoms with Crippen molar-refractivity contribution in [2.75, 3.05) is 6.61 Å². The lowest BCUT2D eigenvalue weighted by Gasteiger charge is -2.14. The molecule has 0 aliphatic heterocycles. The molecule has 8 nitrogen and oxygen atoms in total. The van der Waals surface area contributed by atoms with E-state index in [1.165, 1.54) is 48.7 Å². The largest absolute Gasteiger partial charge is 0.490 e. The molecule has 3 aromatic carbocycles. The topological polar surface area (TPSA) is 108 Å². The van der Waals surface area contributed by atoms with Gasteiger partial charge < -0.3 is 8.92 Å². The van der Waals surface area contributed by atoms with Crippen molar-refractivity contribution in [3.8, 4) is 11.5 Å². The number of benzene rings is 3. The summed E-state index contributed by atoms with van der Waals surface area (Å²) in [4.78, 5) is 14.5. The van der Waals surface area contributed by atoms with Crippen LogP contribution in [0.5, 0.6) is 11.5 Å². The molecular formula is C21H17ClN2O6S. The normalized spacial score (nSPS) is 11.4. The second-order valence-corrected chi connectivity index (χ2v) is 8.10. The minimum absolute atomic E-state index is 0.0164. The highest BCUT2D eigenvalue weighted by atomic mass is 35.5. The summed E-state index contributed by atoms with van der Waals surface area (Å²) in [6.07, 6.45) is 1.48. The Morgan fingerprint density at radius 3 is 2.39 bits per heavy atom. The molecule has 0 spiro atoms. The van der Waals surface area contributed by atoms with Gasteiger partial charge in [-0.1, -0.05) is 29.8 Å². The molecule has 3 rings (SSSR count). The number of aliphatic imine (C=N–C) groups is 1. The first-order chi connectivity index (χ1) is 14.8. The van der Waals surface area contributed by atoms with Crippen LogP contribution in [0.4, 0.5) is 11.4 Å². The van der Waals surface area contributed by atoms with E-state index in [-0.39, 0.29) is 33.7 Å². The van der Waals surface area contributed by atoms with Gasteiger partial charge in [0.2, 0.25) is 5.75 Å². The third-order valence-electron chi connectivity index (χ3n) is 3.98. The number of rotatable bonds is 8. The maximum Gasteiger partial charge on any atom is 0.339 e. The monoisotopic (exact) mass is 460 g/mol. The Kier molecular flexibility index (Phi) is 6.88. The van der Waals surface area contributed by atoms with E-state index >= 15 is 0 Å². The van der Waals surface area contributed by atoms with Crippen molar-refractivity contribution < 1.29 is 22.3 Å². The van der Waals surface area contributed by atoms with Gasteiger partial charge in [0.25, 0.3) is 5.69 Å². The van der Waals surface area contributed by atoms with Gasteiger partial charge in [0, 0.05) is 18.3 Å². The van der Waals surface area contributed by atoms with Crippen LogP contribution in [-0.2, 0) is 10.1 Å². The SMILES string of the molecule is CCOc1cc(C=Nc2ccc([N+](=O)[O-])cc2)cc(Cl)c1OS(=O)(=O)c1ccccc1. The van der Waals surface area contributed by atoms with Crippen LogP contribution >= 0.6 is 11.6 Å². The molecule has 0 aromatic heterocycles. The van der Waals surface area contributed by atoms with Crippen molar-refractivity contribution in [3.63, 3.8) is 0 Å². The molecule has 0 saturated carbocycles. The van der Waals surface area contributed by atoms with E-state index in [0.29, 0.717) is 11.3 Å². The number of halogens is 1. The van der Waals surface area contributed by atoms with Crippen molar-refractivity contribution in [1.82, 2.24) is 0 Å². The molecule has 0 bridgehead atoms. The number of nitrogens with zero attached hydrogens (tertiary/aromatic N) is 2. The van der Waals surface area contributed by atoms with Crippen molar-refractivity contribution in [2.24, 2.45) is 4.99 Å². The number of non-ortho nitro benzene ring substituents is 1. The summed E-state index contributed by atoms with van der Waals surface area (Å²) in [5.74, 6) is 0.0134. The van der Waals surface area contributed by atoms with Crippen LogP contribution in [0.25, 0.3) is 0 Å². The van der Waals surface area contributed by atoms with Gasteiger partial charge in [-0.05, 0) is 48.9 Å². The van der Waals surface area contributed by atoms with Crippen LogP contribution < -0.4 is 8.92 Å². The molecule has 0 radical (unpaired) electrons. The number of hydrogen-bond acceptors (Lipinski definition) is 7. The van der Waals surface area contributed by atoms with Gasteiger partial charge in [-0.25, -0.2) is 0 Å². The van der Waals surface area contributed by atoms with Crippen molar-refractivity contribution in [1.29, 1.82) is 0 Å². The molecule has 0 aliphatic rings. The standard InChI is InChI=1S/C21H17ClN2O6S/c1-2-29-20-13-15(14-23-16-8-10-17(11-9-16)24(25)26)12-19(22)21(20)30-31(27,28)18-6-4-3-5-7-18/h3-14H,2H2,1H3. The Balaban J connectivity index is 1.90. The maximum atomic E-state index is 12.6. The Bertz CT molecular complexity index is 1210. The van der Waals surface area contributed by atoms with Gasteiger partial charge in [0.05, 0.1) is 22.2 Å². The van der Waals surface area contributed by atoms with E-state index < -0.39 is 15.0 Å². The molecule has 0 unspecified atom stereocenters. The van der Waals surface area contributed by atoms with Gasteiger partial charge in [0.15, 0.2) is 5.75 Å². The second kappa shape index (κ2) is 9.59. The first-order valence-electron chi connectivity index (χ1n) is 9.04. The van der Waals surface area contributed by atoms with E-state index in [1.807, 2.05) is 0 Å². The van der Waals surface area contributed by atoms with Gasteiger partial charge in [-0.15, -0.1) is 0 Å². The van der Waals surface area contributed by atoms with Gasteiger partial charge >= 0.3 is 10.1 Å². The quantitative estimate of drug-likeness (QED) is 0.199. The van der Waals surface area contributed by atoms with Crippen LogP contribution in [0.3, 0.4) is 0 Å². The van der Waals surface area contributed by atoms with Crippen LogP contribution in [0.2, 0.25) is 5.02 Å². The lowest BCUT2D eigenvalue weighted by atomic mass is 10.2. The first-order valence-corrected chi connectivity index (χ1v) is 10.8. The Hall–Kier alpha value is -3.43. The van der Waals surface area contributed by atoms with Gasteiger partial charge in [-0.3, -0.25) is 15.1 Å². The molecule has 0 atom stereocenters. The van der Waals surface area contributed by atoms with Crippen LogP contribution in [-0.4, -0.2) is 26.2 Å². The summed E-state index contributed by atoms with van der Waals surface area (Å²) < 4.78 is 35.9. The summed E-state index contributed by atoms with van der Waals surface area (Å²) >= 11 is 6.30. The number of nitro groups is 1. The van der Waals surface area contributed by atoms with E-state index in [2.05, 4.69) is 4.99 Å². The summed E-state index contributed by atoms with van der Waals surface area (Å²) in [5, 5.41) is 10.8. The van der Waals surface area contributed by atoms with Crippen molar-refractivity contribution in [3.05, 3.63) is 87.4 Å². The number of hydrogen-bond donors (Lipinski definition) is 0. The van der Waals surface area contributed by atoms with Gasteiger partial charge in [0.1, 0.15) is 4.90 Å². The molecule has 0 N–H and O–H groups in total. The molecule has 0 saturated heterocycles. The van der Waals surface area contributed by atoms with Crippen molar-refractivity contribution in [2.45, 2.75) is 11.8 Å². The Labute approximate surface area is 184 Å². The Morgan fingerprint density at radius 2 is 1.77 bits per heavy atom. The number of nitro benzene ring substituents is 1. The van der Waals surface area contributed by atoms with Crippen LogP contribution in [0.15, 0.2) is 76.6 Å². The zero-order valence-corrected chi connectivity index (χ0v) is 17.8. The molecular weight excluding hydrogens is 444 g/mol. The highest BCUT2D eigenvalue weighted by Crippen LogP contribution is 2.38. The molecule has 0 fully saturated rings. The number of ether oxygens (including phenoxy) is 1. The Morgan fingerprint density at radius 1 is 1.10 bits per heavy atom. The average Bonchev–Trinajstić information content (AvgIpc) is 2.76. The zero-order valence-electron chi connectivity index (χ0n) is 16.3. The third-order valence-corrected chi connectivity index (χ3v) is 5.50. The van der Waals surface area contributed by atoms with E-state index in [9.17, 15) is 18.5 Å². The highest BCUT2D eigenvalue weighted by Gasteiger charge is 2.22. The van der Waals surface area contributed by atoms with Gasteiger partial charge in [-0.2, -0.15) is 8.42 Å². The summed E-state index contributed by atoms with van der Waals surface area (Å²) in [7, 11) is -4.11. The third kappa shape index (κ3) is 5.59. The lowest BCUT2D eigenvalue weighted by Crippen LogP contribution is -2.11. The van der Waals surface area contributed by atoms with E-state index in [1.54, 1.807) is 31.2 Å². The lowest BCUT2D eigenvalue weighted by molar-refractivity contribution is -0.384. The fourth-order valence-electron chi connectivity index (χ4n) is 2.56. The zero-order chi connectivity index (χ0) is 22.4. The summed E-state index contributed by atoms with van der Waals surface area (Å²) in [5.41, 5.74) is 0.977. The fourth-order valence-corrected chi connectivity index (χ4v) is 3.84. The van der Waals surface area contributed by atoms with Crippen LogP contribution in [0, 0.1) is 10.1 Å². The maximum absolute atomic E-state index is 12.6. The molecule has 31 heavy (non-hydrogen) atoms. The predicted octanol–water partition coefficient (Wildman–Crippen LogP) is 5.17. The molecule has 0 amide bonds. The molecule has 0 heterocycles. The summed E-state index contributed by atoms with van der Waals surface area (Å²) in [6.45, 7) is 1.99. The molecule has 160 valence electrons. The molecule has 0 aliphatic carbocycles.